The van der Waals surface area contributed by atoms with Gasteiger partial charge in [0, 0.05) is 17.0 Å². The molecular formula is C32H41N3O6S2. The molecule has 0 aliphatic rings. The molecular weight excluding hydrogens is 587 g/mol. The van der Waals surface area contributed by atoms with Gasteiger partial charge in [0.25, 0.3) is 10.0 Å². The Morgan fingerprint density at radius 3 is 2.19 bits per heavy atom. The van der Waals surface area contributed by atoms with Crippen LogP contribution in [0.1, 0.15) is 40.2 Å². The van der Waals surface area contributed by atoms with E-state index in [2.05, 4.69) is 5.32 Å². The summed E-state index contributed by atoms with van der Waals surface area (Å²) in [6.07, 6.45) is 1.91. The Hall–Kier alpha value is -3.70. The fourth-order valence-electron chi connectivity index (χ4n) is 4.30. The van der Waals surface area contributed by atoms with Gasteiger partial charge in [-0.15, -0.1) is 11.8 Å². The number of hydrogen-bond donors (Lipinski definition) is 1. The van der Waals surface area contributed by atoms with Gasteiger partial charge in [0.15, 0.2) is 0 Å². The molecule has 1 atom stereocenters. The second-order valence-corrected chi connectivity index (χ2v) is 13.6. The number of carbonyl (C=O) groups is 2. The maximum atomic E-state index is 14.1. The highest BCUT2D eigenvalue weighted by Gasteiger charge is 2.33. The SMILES string of the molecule is CCOc1ccc(N(CC(=O)N(Cc2cccc(OC)c2)[C@@H](C)C(=O)NC(C)(C)C)S(=O)(=O)c2ccc(SC)cc2)cc1. The molecule has 0 spiro atoms. The van der Waals surface area contributed by atoms with Crippen LogP contribution in [0.5, 0.6) is 11.5 Å². The minimum atomic E-state index is -4.18. The molecule has 0 fully saturated rings. The second-order valence-electron chi connectivity index (χ2n) is 10.9. The molecule has 3 aromatic carbocycles. The first kappa shape index (κ1) is 33.8. The van der Waals surface area contributed by atoms with Gasteiger partial charge in [-0.1, -0.05) is 12.1 Å². The van der Waals surface area contributed by atoms with Crippen LogP contribution in [0.2, 0.25) is 0 Å². The van der Waals surface area contributed by atoms with Gasteiger partial charge in [-0.25, -0.2) is 8.42 Å². The van der Waals surface area contributed by atoms with Crippen LogP contribution in [0.4, 0.5) is 5.69 Å². The molecule has 9 nitrogen and oxygen atoms in total. The molecule has 0 bridgehead atoms. The summed E-state index contributed by atoms with van der Waals surface area (Å²) in [6.45, 7) is 9.05. The molecule has 43 heavy (non-hydrogen) atoms. The van der Waals surface area contributed by atoms with Gasteiger partial charge in [0.2, 0.25) is 11.8 Å². The lowest BCUT2D eigenvalue weighted by Crippen LogP contribution is -2.54. The van der Waals surface area contributed by atoms with Crippen LogP contribution in [0.15, 0.2) is 82.6 Å². The maximum Gasteiger partial charge on any atom is 0.264 e. The lowest BCUT2D eigenvalue weighted by atomic mass is 10.1. The van der Waals surface area contributed by atoms with Gasteiger partial charge < -0.3 is 19.7 Å². The number of carbonyl (C=O) groups excluding carboxylic acids is 2. The molecule has 232 valence electrons. The van der Waals surface area contributed by atoms with E-state index in [0.29, 0.717) is 23.8 Å². The van der Waals surface area contributed by atoms with Crippen LogP contribution in [-0.2, 0) is 26.2 Å². The van der Waals surface area contributed by atoms with Crippen LogP contribution >= 0.6 is 11.8 Å². The van der Waals surface area contributed by atoms with Crippen molar-refractivity contribution >= 4 is 39.3 Å². The number of amides is 2. The first-order valence-electron chi connectivity index (χ1n) is 13.9. The zero-order valence-corrected chi connectivity index (χ0v) is 27.4. The maximum absolute atomic E-state index is 14.1. The number of nitrogens with one attached hydrogen (secondary N) is 1. The minimum absolute atomic E-state index is 0.0462. The zero-order valence-electron chi connectivity index (χ0n) is 25.8. The topological polar surface area (TPSA) is 105 Å². The van der Waals surface area contributed by atoms with Gasteiger partial charge in [0.1, 0.15) is 24.1 Å². The quantitative estimate of drug-likeness (QED) is 0.255. The second kappa shape index (κ2) is 14.7. The number of nitrogens with zero attached hydrogens (tertiary/aromatic N) is 2. The number of methoxy groups -OCH3 is 1. The minimum Gasteiger partial charge on any atom is -0.497 e. The van der Waals surface area contributed by atoms with Crippen molar-refractivity contribution in [1.29, 1.82) is 0 Å². The molecule has 3 aromatic rings. The van der Waals surface area contributed by atoms with Crippen molar-refractivity contribution in [2.75, 3.05) is 30.8 Å². The third-order valence-corrected chi connectivity index (χ3v) is 9.05. The summed E-state index contributed by atoms with van der Waals surface area (Å²) in [5.41, 5.74) is 0.488. The summed E-state index contributed by atoms with van der Waals surface area (Å²) in [5.74, 6) is 0.278. The highest BCUT2D eigenvalue weighted by Crippen LogP contribution is 2.28. The van der Waals surface area contributed by atoms with Crippen molar-refractivity contribution in [2.24, 2.45) is 0 Å². The molecule has 1 N–H and O–H groups in total. The Labute approximate surface area is 259 Å². The number of hydrogen-bond acceptors (Lipinski definition) is 7. The van der Waals surface area contributed by atoms with E-state index in [1.165, 1.54) is 28.8 Å². The number of sulfonamides is 1. The van der Waals surface area contributed by atoms with Crippen LogP contribution in [0, 0.1) is 0 Å². The smallest absolute Gasteiger partial charge is 0.264 e. The molecule has 0 unspecified atom stereocenters. The molecule has 2 amide bonds. The zero-order chi connectivity index (χ0) is 31.8. The average Bonchev–Trinajstić information content (AvgIpc) is 2.98. The van der Waals surface area contributed by atoms with E-state index in [0.717, 1.165) is 14.8 Å². The fraction of sp³-hybridized carbons (Fsp3) is 0.375. The Kier molecular flexibility index (Phi) is 11.5. The predicted molar refractivity (Wildman–Crippen MR) is 171 cm³/mol. The van der Waals surface area contributed by atoms with Gasteiger partial charge in [-0.2, -0.15) is 0 Å². The van der Waals surface area contributed by atoms with Crippen LogP contribution < -0.4 is 19.1 Å². The standard InChI is InChI=1S/C32H41N3O6S2/c1-8-41-26-14-12-25(13-15-26)35(43(38,39)29-18-16-28(42-7)17-19-29)22-30(36)34(23(2)31(37)33-32(3,4)5)21-24-10-9-11-27(20-24)40-6/h9-20,23H,8,21-22H2,1-7H3,(H,33,37)/t23-/m0/s1. The molecule has 0 radical (unpaired) electrons. The van der Waals surface area contributed by atoms with E-state index in [9.17, 15) is 18.0 Å². The summed E-state index contributed by atoms with van der Waals surface area (Å²) >= 11 is 1.50. The van der Waals surface area contributed by atoms with Crippen LogP contribution in [-0.4, -0.2) is 63.2 Å². The van der Waals surface area contributed by atoms with Crippen molar-refractivity contribution < 1.29 is 27.5 Å². The lowest BCUT2D eigenvalue weighted by Gasteiger charge is -2.33. The normalized spacial score (nSPS) is 12.3. The van der Waals surface area contributed by atoms with Gasteiger partial charge >= 0.3 is 0 Å². The third-order valence-electron chi connectivity index (χ3n) is 6.51. The highest BCUT2D eigenvalue weighted by molar-refractivity contribution is 7.98. The molecule has 0 aromatic heterocycles. The number of rotatable bonds is 13. The first-order valence-corrected chi connectivity index (χ1v) is 16.6. The van der Waals surface area contributed by atoms with Crippen LogP contribution in [0.25, 0.3) is 0 Å². The lowest BCUT2D eigenvalue weighted by molar-refractivity contribution is -0.140. The van der Waals surface area contributed by atoms with Gasteiger partial charge in [-0.3, -0.25) is 13.9 Å². The predicted octanol–water partition coefficient (Wildman–Crippen LogP) is 5.34. The fourth-order valence-corrected chi connectivity index (χ4v) is 6.13. The first-order chi connectivity index (χ1) is 20.3. The van der Waals surface area contributed by atoms with Crippen molar-refractivity contribution in [3.05, 3.63) is 78.4 Å². The van der Waals surface area contributed by atoms with E-state index in [1.54, 1.807) is 68.6 Å². The van der Waals surface area contributed by atoms with Crippen molar-refractivity contribution in [1.82, 2.24) is 10.2 Å². The molecule has 11 heteroatoms. The molecule has 0 saturated carbocycles. The Balaban J connectivity index is 2.05. The van der Waals surface area contributed by atoms with E-state index in [4.69, 9.17) is 9.47 Å². The van der Waals surface area contributed by atoms with E-state index in [1.807, 2.05) is 40.0 Å². The highest BCUT2D eigenvalue weighted by atomic mass is 32.2. The van der Waals surface area contributed by atoms with Crippen molar-refractivity contribution in [3.8, 4) is 11.5 Å². The Bertz CT molecular complexity index is 1490. The third kappa shape index (κ3) is 9.14. The van der Waals surface area contributed by atoms with Crippen LogP contribution in [0.3, 0.4) is 0 Å². The monoisotopic (exact) mass is 627 g/mol. The molecule has 3 rings (SSSR count). The molecule has 0 saturated heterocycles. The summed E-state index contributed by atoms with van der Waals surface area (Å²) in [4.78, 5) is 29.7. The Morgan fingerprint density at radius 2 is 1.63 bits per heavy atom. The van der Waals surface area contributed by atoms with E-state index < -0.39 is 34.1 Å². The van der Waals surface area contributed by atoms with Crippen molar-refractivity contribution in [3.63, 3.8) is 0 Å². The summed E-state index contributed by atoms with van der Waals surface area (Å²) in [7, 11) is -2.63. The van der Waals surface area contributed by atoms with E-state index >= 15 is 0 Å². The van der Waals surface area contributed by atoms with Gasteiger partial charge in [0.05, 0.1) is 24.3 Å². The number of benzene rings is 3. The summed E-state index contributed by atoms with van der Waals surface area (Å²) in [6, 6.07) is 19.3. The number of anilines is 1. The Morgan fingerprint density at radius 1 is 0.977 bits per heavy atom. The molecule has 0 aliphatic heterocycles. The summed E-state index contributed by atoms with van der Waals surface area (Å²) < 4.78 is 40.1. The largest absolute Gasteiger partial charge is 0.497 e. The number of thioether (sulfide) groups is 1. The molecule has 0 heterocycles. The van der Waals surface area contributed by atoms with Gasteiger partial charge in [-0.05, 0) is 107 Å². The molecule has 0 aliphatic carbocycles. The number of ether oxygens (including phenoxy) is 2. The van der Waals surface area contributed by atoms with E-state index in [-0.39, 0.29) is 17.3 Å². The average molecular weight is 628 g/mol. The van der Waals surface area contributed by atoms with Crippen molar-refractivity contribution in [2.45, 2.75) is 62.5 Å². The summed E-state index contributed by atoms with van der Waals surface area (Å²) in [5, 5.41) is 2.93.